The fourth-order valence-electron chi connectivity index (χ4n) is 1.97. The van der Waals surface area contributed by atoms with Crippen molar-refractivity contribution in [1.82, 2.24) is 0 Å². The minimum absolute atomic E-state index is 0.318. The number of benzene rings is 2. The molecule has 3 rings (SSSR count). The highest BCUT2D eigenvalue weighted by molar-refractivity contribution is 7.99. The van der Waals surface area contributed by atoms with Gasteiger partial charge in [0.15, 0.2) is 0 Å². The van der Waals surface area contributed by atoms with E-state index in [1.807, 2.05) is 30.0 Å². The highest BCUT2D eigenvalue weighted by Gasteiger charge is 2.17. The van der Waals surface area contributed by atoms with Crippen LogP contribution >= 0.6 is 23.4 Å². The van der Waals surface area contributed by atoms with E-state index in [0.717, 1.165) is 5.02 Å². The summed E-state index contributed by atoms with van der Waals surface area (Å²) in [5, 5.41) is 1.16. The zero-order valence-corrected chi connectivity index (χ0v) is 10.7. The van der Waals surface area contributed by atoms with Crippen LogP contribution < -0.4 is 0 Å². The molecule has 0 N–H and O–H groups in total. The summed E-state index contributed by atoms with van der Waals surface area (Å²) in [6.07, 6.45) is 4.40. The van der Waals surface area contributed by atoms with Gasteiger partial charge in [0.25, 0.3) is 0 Å². The monoisotopic (exact) mass is 258 g/mol. The van der Waals surface area contributed by atoms with Crippen LogP contribution in [-0.2, 0) is 0 Å². The smallest absolute Gasteiger partial charge is 0.0542 e. The summed E-state index contributed by atoms with van der Waals surface area (Å²) < 4.78 is 0. The van der Waals surface area contributed by atoms with Crippen molar-refractivity contribution in [2.24, 2.45) is 0 Å². The van der Waals surface area contributed by atoms with Gasteiger partial charge in [0.2, 0.25) is 0 Å². The first kappa shape index (κ1) is 10.9. The van der Waals surface area contributed by atoms with Crippen molar-refractivity contribution in [1.29, 1.82) is 0 Å². The first-order chi connectivity index (χ1) is 8.34. The Hall–Kier alpha value is -1.18. The number of thioether (sulfide) groups is 1. The molecule has 0 radical (unpaired) electrons. The molecule has 0 bridgehead atoms. The van der Waals surface area contributed by atoms with Crippen LogP contribution in [-0.4, -0.2) is 0 Å². The number of hydrogen-bond donors (Lipinski definition) is 0. The van der Waals surface area contributed by atoms with Crippen molar-refractivity contribution < 1.29 is 0 Å². The third-order valence-electron chi connectivity index (χ3n) is 2.84. The summed E-state index contributed by atoms with van der Waals surface area (Å²) in [5.74, 6) is 0. The van der Waals surface area contributed by atoms with Crippen LogP contribution in [0.1, 0.15) is 16.4 Å². The van der Waals surface area contributed by atoms with Crippen molar-refractivity contribution in [3.05, 3.63) is 70.8 Å². The van der Waals surface area contributed by atoms with Crippen molar-refractivity contribution in [3.8, 4) is 0 Å². The third-order valence-corrected chi connectivity index (χ3v) is 4.47. The molecule has 0 nitrogen and oxygen atoms in total. The van der Waals surface area contributed by atoms with E-state index in [0.29, 0.717) is 5.25 Å². The molecule has 1 heterocycles. The van der Waals surface area contributed by atoms with Crippen molar-refractivity contribution in [3.63, 3.8) is 0 Å². The van der Waals surface area contributed by atoms with E-state index >= 15 is 0 Å². The van der Waals surface area contributed by atoms with Crippen LogP contribution in [0.2, 0.25) is 5.02 Å². The number of halogens is 1. The molecule has 0 aromatic heterocycles. The molecule has 1 atom stereocenters. The van der Waals surface area contributed by atoms with Gasteiger partial charge in [-0.25, -0.2) is 0 Å². The Morgan fingerprint density at radius 1 is 0.941 bits per heavy atom. The lowest BCUT2D eigenvalue weighted by Gasteiger charge is -2.19. The quantitative estimate of drug-likeness (QED) is 0.677. The van der Waals surface area contributed by atoms with Crippen molar-refractivity contribution >= 4 is 29.4 Å². The van der Waals surface area contributed by atoms with Gasteiger partial charge in [-0.05, 0) is 23.3 Å². The second kappa shape index (κ2) is 4.59. The maximum atomic E-state index is 6.24. The molecule has 2 heteroatoms. The van der Waals surface area contributed by atoms with Gasteiger partial charge >= 0.3 is 0 Å². The van der Waals surface area contributed by atoms with E-state index in [4.69, 9.17) is 11.6 Å². The minimum Gasteiger partial charge on any atom is -0.113 e. The largest absolute Gasteiger partial charge is 0.113 e. The molecule has 2 aromatic rings. The molecule has 0 fully saturated rings. The second-order valence-corrected chi connectivity index (χ2v) is 5.55. The van der Waals surface area contributed by atoms with Crippen molar-refractivity contribution in [2.45, 2.75) is 10.1 Å². The Bertz CT molecular complexity index is 575. The molecule has 1 aliphatic heterocycles. The van der Waals surface area contributed by atoms with Gasteiger partial charge in [0.05, 0.1) is 5.25 Å². The summed E-state index contributed by atoms with van der Waals surface area (Å²) >= 11 is 8.09. The zero-order valence-electron chi connectivity index (χ0n) is 9.14. The molecule has 84 valence electrons. The highest BCUT2D eigenvalue weighted by Crippen LogP contribution is 2.44. The highest BCUT2D eigenvalue weighted by atomic mass is 35.5. The predicted molar refractivity (Wildman–Crippen MR) is 75.5 cm³/mol. The summed E-state index contributed by atoms with van der Waals surface area (Å²) in [6, 6.07) is 16.5. The minimum atomic E-state index is 0.318. The topological polar surface area (TPSA) is 0 Å². The number of hydrogen-bond acceptors (Lipinski definition) is 1. The molecule has 0 amide bonds. The van der Waals surface area contributed by atoms with Crippen LogP contribution in [0.15, 0.2) is 59.5 Å². The number of fused-ring (bicyclic) bond motifs is 1. The van der Waals surface area contributed by atoms with E-state index in [-0.39, 0.29) is 0 Å². The first-order valence-electron chi connectivity index (χ1n) is 5.53. The first-order valence-corrected chi connectivity index (χ1v) is 6.79. The van der Waals surface area contributed by atoms with Gasteiger partial charge in [-0.1, -0.05) is 60.2 Å². The predicted octanol–water partition coefficient (Wildman–Crippen LogP) is 5.20. The molecule has 0 aliphatic carbocycles. The fraction of sp³-hybridized carbons (Fsp3) is 0.0667. The molecule has 2 aromatic carbocycles. The normalized spacial score (nSPS) is 17.8. The lowest BCUT2D eigenvalue weighted by Crippen LogP contribution is -1.96. The molecule has 1 unspecified atom stereocenters. The van der Waals surface area contributed by atoms with Gasteiger partial charge < -0.3 is 0 Å². The van der Waals surface area contributed by atoms with E-state index in [1.54, 1.807) is 0 Å². The molecule has 17 heavy (non-hydrogen) atoms. The zero-order chi connectivity index (χ0) is 11.7. The molecule has 0 saturated heterocycles. The van der Waals surface area contributed by atoms with Gasteiger partial charge in [0.1, 0.15) is 0 Å². The van der Waals surface area contributed by atoms with Gasteiger partial charge in [-0.3, -0.25) is 0 Å². The van der Waals surface area contributed by atoms with Crippen LogP contribution in [0.25, 0.3) is 6.08 Å². The van der Waals surface area contributed by atoms with Crippen LogP contribution in [0, 0.1) is 0 Å². The van der Waals surface area contributed by atoms with Gasteiger partial charge in [0, 0.05) is 9.92 Å². The summed E-state index contributed by atoms with van der Waals surface area (Å²) in [4.78, 5) is 1.32. The molecule has 1 aliphatic rings. The molecule has 0 saturated carbocycles. The third kappa shape index (κ3) is 2.13. The maximum absolute atomic E-state index is 6.24. The van der Waals surface area contributed by atoms with Crippen LogP contribution in [0.5, 0.6) is 0 Å². The van der Waals surface area contributed by atoms with E-state index in [2.05, 4.69) is 42.5 Å². The van der Waals surface area contributed by atoms with E-state index in [1.165, 1.54) is 16.0 Å². The van der Waals surface area contributed by atoms with E-state index < -0.39 is 0 Å². The number of rotatable bonds is 1. The van der Waals surface area contributed by atoms with Crippen LogP contribution in [0.3, 0.4) is 0 Å². The van der Waals surface area contributed by atoms with Gasteiger partial charge in [-0.15, -0.1) is 11.8 Å². The molecular formula is C15H11ClS. The van der Waals surface area contributed by atoms with Crippen LogP contribution in [0.4, 0.5) is 0 Å². The van der Waals surface area contributed by atoms with E-state index in [9.17, 15) is 0 Å². The maximum Gasteiger partial charge on any atom is 0.0542 e. The second-order valence-electron chi connectivity index (χ2n) is 3.96. The van der Waals surface area contributed by atoms with Gasteiger partial charge in [-0.2, -0.15) is 0 Å². The molecule has 0 spiro atoms. The lowest BCUT2D eigenvalue weighted by atomic mass is 10.1. The Kier molecular flexibility index (Phi) is 2.96. The Balaban J connectivity index is 1.98. The summed E-state index contributed by atoms with van der Waals surface area (Å²) in [6.45, 7) is 0. The Morgan fingerprint density at radius 2 is 1.71 bits per heavy atom. The molecular weight excluding hydrogens is 248 g/mol. The fourth-order valence-corrected chi connectivity index (χ4v) is 3.48. The standard InChI is InChI=1S/C15H11ClS/c16-13-7-3-2-6-12(13)15-10-9-11-5-1-4-8-14(11)17-15/h1-10,15H. The lowest BCUT2D eigenvalue weighted by molar-refractivity contribution is 1.20. The Morgan fingerprint density at radius 3 is 2.59 bits per heavy atom. The summed E-state index contributed by atoms with van der Waals surface area (Å²) in [7, 11) is 0. The SMILES string of the molecule is Clc1ccccc1C1C=Cc2ccccc2S1. The Labute approximate surface area is 110 Å². The average Bonchev–Trinajstić information content (AvgIpc) is 2.39. The van der Waals surface area contributed by atoms with Crippen molar-refractivity contribution in [2.75, 3.05) is 0 Å². The average molecular weight is 259 g/mol. The summed E-state index contributed by atoms with van der Waals surface area (Å²) in [5.41, 5.74) is 2.48.